The van der Waals surface area contributed by atoms with Gasteiger partial charge in [-0.1, -0.05) is 35.3 Å². The van der Waals surface area contributed by atoms with Gasteiger partial charge in [0.2, 0.25) is 15.9 Å². The molecule has 0 aliphatic carbocycles. The maximum Gasteiger partial charge on any atom is 0.243 e. The number of rotatable bonds is 8. The van der Waals surface area contributed by atoms with Gasteiger partial charge in [-0.2, -0.15) is 0 Å². The van der Waals surface area contributed by atoms with Crippen LogP contribution in [0, 0.1) is 0 Å². The van der Waals surface area contributed by atoms with Crippen LogP contribution in [0.25, 0.3) is 0 Å². The first kappa shape index (κ1) is 21.5. The quantitative estimate of drug-likeness (QED) is 0.648. The molecular weight excluding hydrogens is 407 g/mol. The molecule has 0 aromatic heterocycles. The van der Waals surface area contributed by atoms with Gasteiger partial charge in [-0.3, -0.25) is 9.10 Å². The van der Waals surface area contributed by atoms with Crippen molar-refractivity contribution in [3.63, 3.8) is 0 Å². The van der Waals surface area contributed by atoms with Gasteiger partial charge in [0.05, 0.1) is 11.9 Å². The topological polar surface area (TPSA) is 66.5 Å². The smallest absolute Gasteiger partial charge is 0.243 e. The van der Waals surface area contributed by atoms with Gasteiger partial charge in [-0.05, 0) is 61.7 Å². The zero-order valence-corrected chi connectivity index (χ0v) is 17.5. The van der Waals surface area contributed by atoms with Crippen molar-refractivity contribution in [1.82, 2.24) is 5.32 Å². The molecule has 1 N–H and O–H groups in total. The van der Waals surface area contributed by atoms with E-state index < -0.39 is 16.1 Å². The summed E-state index contributed by atoms with van der Waals surface area (Å²) in [4.78, 5) is 12.5. The molecule has 0 unspecified atom stereocenters. The highest BCUT2D eigenvalue weighted by Gasteiger charge is 2.28. The van der Waals surface area contributed by atoms with E-state index in [0.717, 1.165) is 29.0 Å². The van der Waals surface area contributed by atoms with E-state index in [1.807, 2.05) is 24.3 Å². The van der Waals surface area contributed by atoms with Crippen LogP contribution in [-0.4, -0.2) is 33.2 Å². The van der Waals surface area contributed by atoms with Gasteiger partial charge in [-0.25, -0.2) is 8.42 Å². The monoisotopic (exact) mass is 428 g/mol. The number of hydrogen-bond acceptors (Lipinski definition) is 3. The van der Waals surface area contributed by atoms with Crippen LogP contribution in [0.15, 0.2) is 48.5 Å². The number of nitrogens with zero attached hydrogens (tertiary/aromatic N) is 1. The molecule has 0 fully saturated rings. The fourth-order valence-corrected chi connectivity index (χ4v) is 4.13. The third-order valence-corrected chi connectivity index (χ3v) is 5.77. The molecule has 2 rings (SSSR count). The summed E-state index contributed by atoms with van der Waals surface area (Å²) >= 11 is 11.7. The molecular formula is C19H22Cl2N2O3S. The number of hydrogen-bond donors (Lipinski definition) is 1. The second-order valence-corrected chi connectivity index (χ2v) is 8.96. The maximum atomic E-state index is 12.5. The average Bonchev–Trinajstić information content (AvgIpc) is 2.60. The summed E-state index contributed by atoms with van der Waals surface area (Å²) in [5.41, 5.74) is 1.52. The molecule has 0 radical (unpaired) electrons. The Kier molecular flexibility index (Phi) is 7.53. The van der Waals surface area contributed by atoms with Gasteiger partial charge in [0.25, 0.3) is 0 Å². The van der Waals surface area contributed by atoms with Crippen LogP contribution in [0.5, 0.6) is 0 Å². The molecule has 8 heteroatoms. The second kappa shape index (κ2) is 9.44. The number of aryl methyl sites for hydroxylation is 1. The van der Waals surface area contributed by atoms with E-state index in [-0.39, 0.29) is 5.91 Å². The van der Waals surface area contributed by atoms with Crippen molar-refractivity contribution < 1.29 is 13.2 Å². The maximum absolute atomic E-state index is 12.5. The molecule has 0 spiro atoms. The lowest BCUT2D eigenvalue weighted by molar-refractivity contribution is -0.121. The van der Waals surface area contributed by atoms with Crippen molar-refractivity contribution in [2.24, 2.45) is 0 Å². The van der Waals surface area contributed by atoms with Gasteiger partial charge in [0.1, 0.15) is 6.04 Å². The third kappa shape index (κ3) is 6.41. The molecule has 2 aromatic carbocycles. The molecule has 146 valence electrons. The molecule has 1 atom stereocenters. The zero-order chi connectivity index (χ0) is 20.0. The lowest BCUT2D eigenvalue weighted by Crippen LogP contribution is -2.48. The fourth-order valence-electron chi connectivity index (χ4n) is 2.70. The summed E-state index contributed by atoms with van der Waals surface area (Å²) in [6.07, 6.45) is 2.60. The number of anilines is 1. The minimum atomic E-state index is -3.64. The number of sulfonamides is 1. The van der Waals surface area contributed by atoms with Crippen LogP contribution in [0.3, 0.4) is 0 Å². The predicted molar refractivity (Wildman–Crippen MR) is 111 cm³/mol. The number of amides is 1. The van der Waals surface area contributed by atoms with Crippen molar-refractivity contribution in [2.75, 3.05) is 17.1 Å². The number of carbonyl (C=O) groups excluding carboxylic acids is 1. The van der Waals surface area contributed by atoms with Gasteiger partial charge in [0, 0.05) is 16.6 Å². The van der Waals surface area contributed by atoms with E-state index in [1.54, 1.807) is 31.2 Å². The van der Waals surface area contributed by atoms with E-state index in [1.165, 1.54) is 0 Å². The van der Waals surface area contributed by atoms with Crippen LogP contribution < -0.4 is 9.62 Å². The van der Waals surface area contributed by atoms with Crippen molar-refractivity contribution in [3.8, 4) is 0 Å². The van der Waals surface area contributed by atoms with Crippen molar-refractivity contribution >= 4 is 44.8 Å². The van der Waals surface area contributed by atoms with Crippen LogP contribution in [0.1, 0.15) is 18.9 Å². The van der Waals surface area contributed by atoms with Crippen molar-refractivity contribution in [3.05, 3.63) is 64.1 Å². The van der Waals surface area contributed by atoms with Crippen molar-refractivity contribution in [2.45, 2.75) is 25.8 Å². The standard InChI is InChI=1S/C19H22Cl2N2O3S/c1-14(23(27(2,25)26)18-11-9-17(21)10-12-18)19(24)22-13-3-4-15-5-7-16(20)8-6-15/h5-12,14H,3-4,13H2,1-2H3,(H,22,24)/t14-/m0/s1. The Balaban J connectivity index is 1.96. The Morgan fingerprint density at radius 3 is 2.07 bits per heavy atom. The van der Waals surface area contributed by atoms with Gasteiger partial charge in [0.15, 0.2) is 0 Å². The molecule has 27 heavy (non-hydrogen) atoms. The molecule has 0 bridgehead atoms. The summed E-state index contributed by atoms with van der Waals surface area (Å²) in [6, 6.07) is 13.0. The summed E-state index contributed by atoms with van der Waals surface area (Å²) in [7, 11) is -3.64. The van der Waals surface area contributed by atoms with E-state index in [9.17, 15) is 13.2 Å². The van der Waals surface area contributed by atoms with Gasteiger partial charge in [-0.15, -0.1) is 0 Å². The van der Waals surface area contributed by atoms with Crippen LogP contribution >= 0.6 is 23.2 Å². The number of carbonyl (C=O) groups is 1. The Bertz CT molecular complexity index is 869. The summed E-state index contributed by atoms with van der Waals surface area (Å²) in [6.45, 7) is 2.01. The van der Waals surface area contributed by atoms with Gasteiger partial charge < -0.3 is 5.32 Å². The van der Waals surface area contributed by atoms with Crippen LogP contribution in [-0.2, 0) is 21.2 Å². The molecule has 0 aliphatic heterocycles. The van der Waals surface area contributed by atoms with E-state index in [0.29, 0.717) is 22.3 Å². The number of nitrogens with one attached hydrogen (secondary N) is 1. The average molecular weight is 429 g/mol. The molecule has 2 aromatic rings. The van der Waals surface area contributed by atoms with E-state index >= 15 is 0 Å². The Morgan fingerprint density at radius 1 is 1.04 bits per heavy atom. The largest absolute Gasteiger partial charge is 0.354 e. The van der Waals surface area contributed by atoms with Gasteiger partial charge >= 0.3 is 0 Å². The lowest BCUT2D eigenvalue weighted by atomic mass is 10.1. The first-order chi connectivity index (χ1) is 12.7. The minimum Gasteiger partial charge on any atom is -0.354 e. The first-order valence-corrected chi connectivity index (χ1v) is 11.1. The molecule has 0 aliphatic rings. The fraction of sp³-hybridized carbons (Fsp3) is 0.316. The molecule has 1 amide bonds. The molecule has 0 saturated heterocycles. The Morgan fingerprint density at radius 2 is 1.56 bits per heavy atom. The zero-order valence-electron chi connectivity index (χ0n) is 15.2. The number of benzene rings is 2. The second-order valence-electron chi connectivity index (χ2n) is 6.23. The molecule has 0 saturated carbocycles. The van der Waals surface area contributed by atoms with Crippen LogP contribution in [0.2, 0.25) is 10.0 Å². The highest BCUT2D eigenvalue weighted by molar-refractivity contribution is 7.92. The summed E-state index contributed by atoms with van der Waals surface area (Å²) in [5.74, 6) is -0.355. The SMILES string of the molecule is C[C@@H](C(=O)NCCCc1ccc(Cl)cc1)N(c1ccc(Cl)cc1)S(C)(=O)=O. The summed E-state index contributed by atoms with van der Waals surface area (Å²) < 4.78 is 25.5. The highest BCUT2D eigenvalue weighted by atomic mass is 35.5. The first-order valence-electron chi connectivity index (χ1n) is 8.45. The Hall–Kier alpha value is -1.76. The van der Waals surface area contributed by atoms with Crippen molar-refractivity contribution in [1.29, 1.82) is 0 Å². The Labute approximate surface area is 170 Å². The predicted octanol–water partition coefficient (Wildman–Crippen LogP) is 3.90. The number of halogens is 2. The van der Waals surface area contributed by atoms with E-state index in [4.69, 9.17) is 23.2 Å². The molecule has 0 heterocycles. The van der Waals surface area contributed by atoms with E-state index in [2.05, 4.69) is 5.32 Å². The van der Waals surface area contributed by atoms with Crippen LogP contribution in [0.4, 0.5) is 5.69 Å². The minimum absolute atomic E-state index is 0.355. The molecule has 5 nitrogen and oxygen atoms in total. The highest BCUT2D eigenvalue weighted by Crippen LogP contribution is 2.23. The normalized spacial score (nSPS) is 12.4. The lowest BCUT2D eigenvalue weighted by Gasteiger charge is -2.28. The summed E-state index contributed by atoms with van der Waals surface area (Å²) in [5, 5.41) is 3.98. The third-order valence-electron chi connectivity index (χ3n) is 4.02.